The topological polar surface area (TPSA) is 64.0 Å². The summed E-state index contributed by atoms with van der Waals surface area (Å²) in [4.78, 5) is 16.7. The van der Waals surface area contributed by atoms with Crippen molar-refractivity contribution in [3.63, 3.8) is 0 Å². The van der Waals surface area contributed by atoms with Crippen molar-refractivity contribution in [2.24, 2.45) is 5.92 Å². The Bertz CT molecular complexity index is 587. The van der Waals surface area contributed by atoms with Crippen LogP contribution in [0.25, 0.3) is 0 Å². The summed E-state index contributed by atoms with van der Waals surface area (Å²) in [5.41, 5.74) is -0.479. The molecule has 0 saturated carbocycles. The molecular formula is C19H27FN2O3. The highest BCUT2D eigenvalue weighted by Crippen LogP contribution is 2.27. The van der Waals surface area contributed by atoms with Gasteiger partial charge in [-0.2, -0.15) is 0 Å². The molecule has 2 aliphatic rings. The van der Waals surface area contributed by atoms with Gasteiger partial charge in [0.05, 0.1) is 0 Å². The maximum atomic E-state index is 13.0. The van der Waals surface area contributed by atoms with Crippen LogP contribution in [-0.4, -0.2) is 64.3 Å². The molecule has 1 aromatic rings. The van der Waals surface area contributed by atoms with Gasteiger partial charge in [0.2, 0.25) is 0 Å². The van der Waals surface area contributed by atoms with Gasteiger partial charge in [-0.15, -0.1) is 0 Å². The van der Waals surface area contributed by atoms with E-state index in [1.54, 1.807) is 17.0 Å². The first-order valence-corrected chi connectivity index (χ1v) is 9.09. The molecule has 0 unspecified atom stereocenters. The van der Waals surface area contributed by atoms with Crippen LogP contribution in [0.5, 0.6) is 0 Å². The van der Waals surface area contributed by atoms with Crippen molar-refractivity contribution < 1.29 is 19.4 Å². The Balaban J connectivity index is 1.61. The number of piperidine rings is 2. The van der Waals surface area contributed by atoms with Crippen molar-refractivity contribution in [3.8, 4) is 0 Å². The standard InChI is InChI=1S/C19H27FN2O3/c20-17-4-2-15(3-5-17)12-22-9-1-8-19(25,18(22)24)14-21-10-6-16(13-23)7-11-21/h2-5,16,23,25H,1,6-14H2/t19-/m0/s1. The van der Waals surface area contributed by atoms with E-state index in [1.165, 1.54) is 12.1 Å². The highest BCUT2D eigenvalue weighted by atomic mass is 19.1. The lowest BCUT2D eigenvalue weighted by atomic mass is 9.89. The van der Waals surface area contributed by atoms with E-state index in [0.29, 0.717) is 32.0 Å². The van der Waals surface area contributed by atoms with Crippen LogP contribution >= 0.6 is 0 Å². The van der Waals surface area contributed by atoms with Gasteiger partial charge < -0.3 is 15.1 Å². The number of amides is 1. The van der Waals surface area contributed by atoms with Gasteiger partial charge in [-0.25, -0.2) is 4.39 Å². The Kier molecular flexibility index (Phi) is 5.71. The van der Waals surface area contributed by atoms with Crippen LogP contribution < -0.4 is 0 Å². The lowest BCUT2D eigenvalue weighted by Crippen LogP contribution is -2.59. The Morgan fingerprint density at radius 3 is 2.48 bits per heavy atom. The molecule has 2 fully saturated rings. The first kappa shape index (κ1) is 18.3. The predicted molar refractivity (Wildman–Crippen MR) is 92.3 cm³/mol. The molecular weight excluding hydrogens is 323 g/mol. The van der Waals surface area contributed by atoms with Gasteiger partial charge in [0, 0.05) is 26.2 Å². The number of hydrogen-bond donors (Lipinski definition) is 2. The van der Waals surface area contributed by atoms with E-state index in [2.05, 4.69) is 4.90 Å². The van der Waals surface area contributed by atoms with E-state index in [-0.39, 0.29) is 18.3 Å². The average Bonchev–Trinajstić information content (AvgIpc) is 2.62. The molecule has 3 rings (SSSR count). The fourth-order valence-corrected chi connectivity index (χ4v) is 3.87. The van der Waals surface area contributed by atoms with E-state index in [0.717, 1.165) is 37.9 Å². The van der Waals surface area contributed by atoms with Crippen LogP contribution in [-0.2, 0) is 11.3 Å². The van der Waals surface area contributed by atoms with Crippen molar-refractivity contribution in [3.05, 3.63) is 35.6 Å². The number of nitrogens with zero attached hydrogens (tertiary/aromatic N) is 2. The number of aliphatic hydroxyl groups excluding tert-OH is 1. The fraction of sp³-hybridized carbons (Fsp3) is 0.632. The van der Waals surface area contributed by atoms with E-state index >= 15 is 0 Å². The number of likely N-dealkylation sites (tertiary alicyclic amines) is 2. The fourth-order valence-electron chi connectivity index (χ4n) is 3.87. The number of hydrogen-bond acceptors (Lipinski definition) is 4. The number of aliphatic hydroxyl groups is 2. The summed E-state index contributed by atoms with van der Waals surface area (Å²) in [6.07, 6.45) is 3.04. The maximum absolute atomic E-state index is 13.0. The van der Waals surface area contributed by atoms with E-state index < -0.39 is 5.60 Å². The van der Waals surface area contributed by atoms with Gasteiger partial charge in [-0.1, -0.05) is 12.1 Å². The molecule has 1 amide bonds. The summed E-state index contributed by atoms with van der Waals surface area (Å²) in [5, 5.41) is 20.2. The van der Waals surface area contributed by atoms with Gasteiger partial charge >= 0.3 is 0 Å². The molecule has 138 valence electrons. The predicted octanol–water partition coefficient (Wildman–Crippen LogP) is 1.38. The molecule has 2 N–H and O–H groups in total. The zero-order valence-corrected chi connectivity index (χ0v) is 14.5. The number of rotatable bonds is 5. The minimum absolute atomic E-state index is 0.211. The number of halogens is 1. The molecule has 1 atom stereocenters. The second-order valence-electron chi connectivity index (χ2n) is 7.39. The molecule has 2 heterocycles. The largest absolute Gasteiger partial charge is 0.396 e. The van der Waals surface area contributed by atoms with E-state index in [4.69, 9.17) is 0 Å². The first-order valence-electron chi connectivity index (χ1n) is 9.09. The highest BCUT2D eigenvalue weighted by molar-refractivity contribution is 5.86. The van der Waals surface area contributed by atoms with Crippen molar-refractivity contribution in [1.29, 1.82) is 0 Å². The quantitative estimate of drug-likeness (QED) is 0.842. The number of carbonyl (C=O) groups is 1. The molecule has 0 bridgehead atoms. The van der Waals surface area contributed by atoms with Crippen molar-refractivity contribution in [1.82, 2.24) is 9.80 Å². The van der Waals surface area contributed by atoms with E-state index in [1.807, 2.05) is 0 Å². The third-order valence-electron chi connectivity index (χ3n) is 5.44. The second-order valence-corrected chi connectivity index (χ2v) is 7.39. The smallest absolute Gasteiger partial charge is 0.256 e. The zero-order chi connectivity index (χ0) is 17.9. The third kappa shape index (κ3) is 4.37. The summed E-state index contributed by atoms with van der Waals surface area (Å²) in [5.74, 6) is -0.188. The van der Waals surface area contributed by atoms with Crippen LogP contribution in [0, 0.1) is 11.7 Å². The zero-order valence-electron chi connectivity index (χ0n) is 14.5. The minimum atomic E-state index is -1.34. The average molecular weight is 350 g/mol. The van der Waals surface area contributed by atoms with Crippen LogP contribution in [0.4, 0.5) is 4.39 Å². The second kappa shape index (κ2) is 7.81. The van der Waals surface area contributed by atoms with Gasteiger partial charge in [0.25, 0.3) is 5.91 Å². The molecule has 0 aromatic heterocycles. The Morgan fingerprint density at radius 1 is 1.16 bits per heavy atom. The normalized spacial score (nSPS) is 26.2. The van der Waals surface area contributed by atoms with Crippen LogP contribution in [0.2, 0.25) is 0 Å². The molecule has 25 heavy (non-hydrogen) atoms. The van der Waals surface area contributed by atoms with Gasteiger partial charge in [-0.3, -0.25) is 9.69 Å². The van der Waals surface area contributed by atoms with E-state index in [9.17, 15) is 19.4 Å². The van der Waals surface area contributed by atoms with Crippen LogP contribution in [0.1, 0.15) is 31.2 Å². The number of β-amino-alcohol motifs (C(OH)–C–C–N with tert-alkyl or cyclic N) is 1. The van der Waals surface area contributed by atoms with Crippen molar-refractivity contribution in [2.75, 3.05) is 32.8 Å². The molecule has 0 aliphatic carbocycles. The summed E-state index contributed by atoms with van der Waals surface area (Å²) in [6, 6.07) is 6.13. The summed E-state index contributed by atoms with van der Waals surface area (Å²) < 4.78 is 13.0. The van der Waals surface area contributed by atoms with Gasteiger partial charge in [0.15, 0.2) is 5.60 Å². The summed E-state index contributed by atoms with van der Waals surface area (Å²) in [6.45, 7) is 3.18. The molecule has 2 saturated heterocycles. The lowest BCUT2D eigenvalue weighted by molar-refractivity contribution is -0.160. The third-order valence-corrected chi connectivity index (χ3v) is 5.44. The van der Waals surface area contributed by atoms with Crippen LogP contribution in [0.15, 0.2) is 24.3 Å². The number of benzene rings is 1. The Labute approximate surface area is 148 Å². The summed E-state index contributed by atoms with van der Waals surface area (Å²) in [7, 11) is 0. The van der Waals surface area contributed by atoms with Crippen LogP contribution in [0.3, 0.4) is 0 Å². The minimum Gasteiger partial charge on any atom is -0.396 e. The highest BCUT2D eigenvalue weighted by Gasteiger charge is 2.43. The molecule has 6 heteroatoms. The Morgan fingerprint density at radius 2 is 1.84 bits per heavy atom. The van der Waals surface area contributed by atoms with Gasteiger partial charge in [-0.05, 0) is 62.4 Å². The lowest BCUT2D eigenvalue weighted by Gasteiger charge is -2.42. The molecule has 0 spiro atoms. The molecule has 0 radical (unpaired) electrons. The van der Waals surface area contributed by atoms with Gasteiger partial charge in [0.1, 0.15) is 5.82 Å². The first-order chi connectivity index (χ1) is 12.0. The molecule has 2 aliphatic heterocycles. The SMILES string of the molecule is O=C1N(Cc2ccc(F)cc2)CCC[C@]1(O)CN1CCC(CO)CC1. The molecule has 1 aromatic carbocycles. The van der Waals surface area contributed by atoms with Crippen molar-refractivity contribution >= 4 is 5.91 Å². The number of carbonyl (C=O) groups excluding carboxylic acids is 1. The van der Waals surface area contributed by atoms with Crippen molar-refractivity contribution in [2.45, 2.75) is 37.8 Å². The Hall–Kier alpha value is -1.50. The molecule has 5 nitrogen and oxygen atoms in total. The monoisotopic (exact) mass is 350 g/mol. The maximum Gasteiger partial charge on any atom is 0.256 e. The summed E-state index contributed by atoms with van der Waals surface area (Å²) >= 11 is 0.